The minimum absolute atomic E-state index is 0.156. The molecule has 5 heteroatoms. The molecule has 2 aromatic rings. The molecular weight excluding hydrogens is 264 g/mol. The summed E-state index contributed by atoms with van der Waals surface area (Å²) in [6.45, 7) is 4.49. The molecule has 0 atom stereocenters. The number of hydrogen-bond donors (Lipinski definition) is 1. The van der Waals surface area contributed by atoms with Crippen LogP contribution < -0.4 is 10.2 Å². The van der Waals surface area contributed by atoms with Gasteiger partial charge in [-0.1, -0.05) is 23.8 Å². The van der Waals surface area contributed by atoms with E-state index in [4.69, 9.17) is 0 Å². The zero-order chi connectivity index (χ0) is 15.4. The van der Waals surface area contributed by atoms with E-state index in [0.717, 1.165) is 11.1 Å². The summed E-state index contributed by atoms with van der Waals surface area (Å²) in [4.78, 5) is 22.8. The largest absolute Gasteiger partial charge is 0.362 e. The minimum Gasteiger partial charge on any atom is -0.362 e. The molecular formula is C16H20N4O. The van der Waals surface area contributed by atoms with Crippen LogP contribution in [0.2, 0.25) is 0 Å². The van der Waals surface area contributed by atoms with Crippen LogP contribution in [0.3, 0.4) is 0 Å². The van der Waals surface area contributed by atoms with Crippen LogP contribution in [0.15, 0.2) is 30.5 Å². The number of aryl methyl sites for hydroxylation is 1. The lowest BCUT2D eigenvalue weighted by Crippen LogP contribution is -2.26. The molecule has 0 unspecified atom stereocenters. The minimum atomic E-state index is -0.156. The van der Waals surface area contributed by atoms with E-state index < -0.39 is 0 Å². The van der Waals surface area contributed by atoms with Gasteiger partial charge in [0.05, 0.1) is 0 Å². The standard InChI is InChI=1S/C16H20N4O/c1-5-17-16(21)13-10-18-14(19-15(13)20(3)4)12-8-6-7-11(2)9-12/h6-10H,5H2,1-4H3,(H,17,21). The molecule has 1 aromatic carbocycles. The Labute approximate surface area is 125 Å². The molecule has 0 saturated heterocycles. The van der Waals surface area contributed by atoms with Gasteiger partial charge in [0.15, 0.2) is 5.82 Å². The van der Waals surface area contributed by atoms with Crippen molar-refractivity contribution in [2.45, 2.75) is 13.8 Å². The van der Waals surface area contributed by atoms with Crippen LogP contribution in [0.5, 0.6) is 0 Å². The molecule has 2 rings (SSSR count). The van der Waals surface area contributed by atoms with Crippen molar-refractivity contribution in [3.63, 3.8) is 0 Å². The highest BCUT2D eigenvalue weighted by molar-refractivity contribution is 5.98. The Morgan fingerprint density at radius 2 is 2.10 bits per heavy atom. The molecule has 5 nitrogen and oxygen atoms in total. The fraction of sp³-hybridized carbons (Fsp3) is 0.312. The summed E-state index contributed by atoms with van der Waals surface area (Å²) in [5, 5.41) is 2.78. The van der Waals surface area contributed by atoms with Gasteiger partial charge in [-0.2, -0.15) is 0 Å². The lowest BCUT2D eigenvalue weighted by atomic mass is 10.1. The first-order valence-corrected chi connectivity index (χ1v) is 6.92. The third kappa shape index (κ3) is 3.37. The van der Waals surface area contributed by atoms with E-state index in [9.17, 15) is 4.79 Å². The van der Waals surface area contributed by atoms with Crippen molar-refractivity contribution in [1.82, 2.24) is 15.3 Å². The highest BCUT2D eigenvalue weighted by atomic mass is 16.1. The summed E-state index contributed by atoms with van der Waals surface area (Å²) in [5.74, 6) is 1.08. The van der Waals surface area contributed by atoms with Crippen molar-refractivity contribution in [3.8, 4) is 11.4 Å². The molecule has 21 heavy (non-hydrogen) atoms. The first-order valence-electron chi connectivity index (χ1n) is 6.92. The quantitative estimate of drug-likeness (QED) is 0.935. The second-order valence-corrected chi connectivity index (χ2v) is 5.05. The molecule has 0 fully saturated rings. The van der Waals surface area contributed by atoms with Gasteiger partial charge in [0, 0.05) is 32.4 Å². The van der Waals surface area contributed by atoms with Gasteiger partial charge in [0.1, 0.15) is 11.4 Å². The van der Waals surface area contributed by atoms with E-state index in [-0.39, 0.29) is 5.91 Å². The molecule has 1 aromatic heterocycles. The Bertz CT molecular complexity index is 652. The highest BCUT2D eigenvalue weighted by Gasteiger charge is 2.16. The summed E-state index contributed by atoms with van der Waals surface area (Å²) in [6.07, 6.45) is 1.59. The van der Waals surface area contributed by atoms with E-state index in [2.05, 4.69) is 15.3 Å². The highest BCUT2D eigenvalue weighted by Crippen LogP contribution is 2.21. The van der Waals surface area contributed by atoms with Crippen LogP contribution in [0.4, 0.5) is 5.82 Å². The molecule has 0 radical (unpaired) electrons. The maximum atomic E-state index is 12.1. The molecule has 1 heterocycles. The second kappa shape index (κ2) is 6.35. The zero-order valence-electron chi connectivity index (χ0n) is 12.8. The van der Waals surface area contributed by atoms with E-state index in [1.807, 2.05) is 57.1 Å². The second-order valence-electron chi connectivity index (χ2n) is 5.05. The zero-order valence-corrected chi connectivity index (χ0v) is 12.8. The Morgan fingerprint density at radius 3 is 2.71 bits per heavy atom. The monoisotopic (exact) mass is 284 g/mol. The first-order chi connectivity index (χ1) is 10.0. The molecule has 1 amide bonds. The molecule has 110 valence electrons. The van der Waals surface area contributed by atoms with Crippen LogP contribution in [0, 0.1) is 6.92 Å². The molecule has 0 aliphatic carbocycles. The number of carbonyl (C=O) groups is 1. The Hall–Kier alpha value is -2.43. The van der Waals surface area contributed by atoms with Gasteiger partial charge < -0.3 is 10.2 Å². The third-order valence-electron chi connectivity index (χ3n) is 3.05. The maximum Gasteiger partial charge on any atom is 0.256 e. The lowest BCUT2D eigenvalue weighted by Gasteiger charge is -2.16. The molecule has 1 N–H and O–H groups in total. The van der Waals surface area contributed by atoms with Gasteiger partial charge in [-0.25, -0.2) is 9.97 Å². The normalized spacial score (nSPS) is 10.3. The molecule has 0 saturated carbocycles. The molecule has 0 bridgehead atoms. The smallest absolute Gasteiger partial charge is 0.256 e. The topological polar surface area (TPSA) is 58.1 Å². The van der Waals surface area contributed by atoms with Crippen LogP contribution >= 0.6 is 0 Å². The number of benzene rings is 1. The molecule has 0 aliphatic heterocycles. The van der Waals surface area contributed by atoms with Crippen molar-refractivity contribution in [2.75, 3.05) is 25.5 Å². The number of anilines is 1. The summed E-state index contributed by atoms with van der Waals surface area (Å²) in [6, 6.07) is 7.99. The van der Waals surface area contributed by atoms with E-state index in [1.165, 1.54) is 0 Å². The molecule has 0 spiro atoms. The summed E-state index contributed by atoms with van der Waals surface area (Å²) < 4.78 is 0. The van der Waals surface area contributed by atoms with Crippen LogP contribution in [-0.2, 0) is 0 Å². The maximum absolute atomic E-state index is 12.1. The van der Waals surface area contributed by atoms with E-state index in [1.54, 1.807) is 6.20 Å². The van der Waals surface area contributed by atoms with E-state index >= 15 is 0 Å². The Kier molecular flexibility index (Phi) is 4.52. The Morgan fingerprint density at radius 1 is 1.33 bits per heavy atom. The van der Waals surface area contributed by atoms with Gasteiger partial charge in [-0.15, -0.1) is 0 Å². The van der Waals surface area contributed by atoms with Gasteiger partial charge in [0.2, 0.25) is 0 Å². The lowest BCUT2D eigenvalue weighted by molar-refractivity contribution is 0.0955. The number of aromatic nitrogens is 2. The fourth-order valence-electron chi connectivity index (χ4n) is 2.05. The predicted octanol–water partition coefficient (Wildman–Crippen LogP) is 2.27. The average molecular weight is 284 g/mol. The predicted molar refractivity (Wildman–Crippen MR) is 84.5 cm³/mol. The summed E-state index contributed by atoms with van der Waals surface area (Å²) in [7, 11) is 3.73. The van der Waals surface area contributed by atoms with Gasteiger partial charge in [-0.05, 0) is 19.9 Å². The first kappa shape index (κ1) is 15.0. The van der Waals surface area contributed by atoms with Crippen molar-refractivity contribution in [2.24, 2.45) is 0 Å². The van der Waals surface area contributed by atoms with Crippen LogP contribution in [-0.4, -0.2) is 36.5 Å². The van der Waals surface area contributed by atoms with Gasteiger partial charge in [-0.3, -0.25) is 4.79 Å². The SMILES string of the molecule is CCNC(=O)c1cnc(-c2cccc(C)c2)nc1N(C)C. The fourth-order valence-corrected chi connectivity index (χ4v) is 2.05. The summed E-state index contributed by atoms with van der Waals surface area (Å²) in [5.41, 5.74) is 2.58. The third-order valence-corrected chi connectivity index (χ3v) is 3.05. The number of nitrogens with zero attached hydrogens (tertiary/aromatic N) is 3. The number of rotatable bonds is 4. The average Bonchev–Trinajstić information content (AvgIpc) is 2.46. The van der Waals surface area contributed by atoms with Crippen molar-refractivity contribution >= 4 is 11.7 Å². The summed E-state index contributed by atoms with van der Waals surface area (Å²) >= 11 is 0. The van der Waals surface area contributed by atoms with Crippen molar-refractivity contribution < 1.29 is 4.79 Å². The van der Waals surface area contributed by atoms with Gasteiger partial charge in [0.25, 0.3) is 5.91 Å². The number of carbonyl (C=O) groups excluding carboxylic acids is 1. The van der Waals surface area contributed by atoms with E-state index in [0.29, 0.717) is 23.8 Å². The van der Waals surface area contributed by atoms with Crippen molar-refractivity contribution in [3.05, 3.63) is 41.6 Å². The van der Waals surface area contributed by atoms with Crippen LogP contribution in [0.25, 0.3) is 11.4 Å². The van der Waals surface area contributed by atoms with Gasteiger partial charge >= 0.3 is 0 Å². The number of amides is 1. The molecule has 0 aliphatic rings. The number of nitrogens with one attached hydrogen (secondary N) is 1. The Balaban J connectivity index is 2.48. The van der Waals surface area contributed by atoms with Crippen molar-refractivity contribution in [1.29, 1.82) is 0 Å². The number of hydrogen-bond acceptors (Lipinski definition) is 4. The van der Waals surface area contributed by atoms with Crippen LogP contribution in [0.1, 0.15) is 22.8 Å².